The number of carboxylic acid groups (broad SMARTS) is 1. The van der Waals surface area contributed by atoms with E-state index >= 15 is 0 Å². The number of fused-ring (bicyclic) bond motifs is 1. The first-order valence-corrected chi connectivity index (χ1v) is 8.71. The fourth-order valence-corrected chi connectivity index (χ4v) is 3.50. The van der Waals surface area contributed by atoms with Gasteiger partial charge >= 0.3 is 5.97 Å². The summed E-state index contributed by atoms with van der Waals surface area (Å²) in [6.45, 7) is 11.6. The second-order valence-corrected chi connectivity index (χ2v) is 8.19. The monoisotopic (exact) mass is 338 g/mol. The predicted molar refractivity (Wildman–Crippen MR) is 99.4 cm³/mol. The van der Waals surface area contributed by atoms with E-state index in [0.717, 1.165) is 12.0 Å². The first-order valence-electron chi connectivity index (χ1n) is 8.71. The van der Waals surface area contributed by atoms with Crippen molar-refractivity contribution in [2.24, 2.45) is 0 Å². The van der Waals surface area contributed by atoms with Crippen LogP contribution in [0.15, 0.2) is 36.4 Å². The summed E-state index contributed by atoms with van der Waals surface area (Å²) in [7, 11) is 0. The van der Waals surface area contributed by atoms with Crippen molar-refractivity contribution in [3.05, 3.63) is 69.8 Å². The minimum atomic E-state index is -0.888. The Morgan fingerprint density at radius 1 is 1.08 bits per heavy atom. The molecule has 2 aromatic carbocycles. The maximum Gasteiger partial charge on any atom is 0.335 e. The van der Waals surface area contributed by atoms with Crippen LogP contribution in [0.5, 0.6) is 0 Å². The summed E-state index contributed by atoms with van der Waals surface area (Å²) in [5.41, 5.74) is 6.32. The minimum absolute atomic E-state index is 0.0134. The van der Waals surface area contributed by atoms with Crippen LogP contribution in [0.2, 0.25) is 0 Å². The third kappa shape index (κ3) is 3.34. The maximum atomic E-state index is 11.0. The first kappa shape index (κ1) is 17.7. The molecule has 0 fully saturated rings. The van der Waals surface area contributed by atoms with Crippen molar-refractivity contribution < 1.29 is 14.6 Å². The van der Waals surface area contributed by atoms with E-state index in [1.807, 2.05) is 12.1 Å². The number of carbonyl (C=O) groups is 1. The summed E-state index contributed by atoms with van der Waals surface area (Å²) in [4.78, 5) is 11.0. The summed E-state index contributed by atoms with van der Waals surface area (Å²) in [6.07, 6.45) is 0.802. The minimum Gasteiger partial charge on any atom is -0.478 e. The summed E-state index contributed by atoms with van der Waals surface area (Å²) in [5, 5.41) is 9.04. The van der Waals surface area contributed by atoms with Crippen molar-refractivity contribution in [3.8, 4) is 0 Å². The van der Waals surface area contributed by atoms with Gasteiger partial charge in [-0.05, 0) is 67.1 Å². The molecule has 0 aliphatic carbocycles. The molecule has 0 amide bonds. The number of rotatable bonds is 3. The van der Waals surface area contributed by atoms with Crippen LogP contribution >= 0.6 is 0 Å². The molecule has 1 aliphatic heterocycles. The van der Waals surface area contributed by atoms with Gasteiger partial charge < -0.3 is 9.84 Å². The van der Waals surface area contributed by atoms with Crippen molar-refractivity contribution in [1.29, 1.82) is 0 Å². The van der Waals surface area contributed by atoms with E-state index in [1.165, 1.54) is 22.3 Å². The van der Waals surface area contributed by atoms with Gasteiger partial charge in [-0.25, -0.2) is 4.79 Å². The lowest BCUT2D eigenvalue weighted by molar-refractivity contribution is -0.0588. The summed E-state index contributed by atoms with van der Waals surface area (Å²) < 4.78 is 6.10. The van der Waals surface area contributed by atoms with Gasteiger partial charge in [0, 0.05) is 5.41 Å². The van der Waals surface area contributed by atoms with Crippen LogP contribution in [0.4, 0.5) is 0 Å². The van der Waals surface area contributed by atoms with Gasteiger partial charge in [0.05, 0.1) is 17.8 Å². The largest absolute Gasteiger partial charge is 0.478 e. The molecule has 0 unspecified atom stereocenters. The first-order chi connectivity index (χ1) is 11.6. The number of carboxylic acids is 1. The molecule has 3 rings (SSSR count). The van der Waals surface area contributed by atoms with Crippen LogP contribution in [-0.2, 0) is 22.2 Å². The molecule has 1 heterocycles. The zero-order valence-electron chi connectivity index (χ0n) is 15.6. The molecule has 1 N–H and O–H groups in total. The van der Waals surface area contributed by atoms with Crippen LogP contribution in [0.25, 0.3) is 0 Å². The summed E-state index contributed by atoms with van der Waals surface area (Å²) >= 11 is 0. The Labute approximate surface area is 149 Å². The topological polar surface area (TPSA) is 46.5 Å². The van der Waals surface area contributed by atoms with E-state index in [0.29, 0.717) is 12.2 Å². The van der Waals surface area contributed by atoms with Crippen LogP contribution < -0.4 is 0 Å². The Kier molecular flexibility index (Phi) is 4.24. The highest BCUT2D eigenvalue weighted by molar-refractivity contribution is 5.87. The van der Waals surface area contributed by atoms with Crippen molar-refractivity contribution in [3.63, 3.8) is 0 Å². The Bertz CT molecular complexity index is 814. The van der Waals surface area contributed by atoms with Crippen LogP contribution in [-0.4, -0.2) is 17.7 Å². The molecule has 2 aromatic rings. The highest BCUT2D eigenvalue weighted by atomic mass is 16.5. The number of hydrogen-bond acceptors (Lipinski definition) is 2. The van der Waals surface area contributed by atoms with Gasteiger partial charge in [-0.3, -0.25) is 0 Å². The third-order valence-electron chi connectivity index (χ3n) is 5.24. The van der Waals surface area contributed by atoms with Crippen LogP contribution in [0, 0.1) is 6.92 Å². The number of benzene rings is 2. The van der Waals surface area contributed by atoms with E-state index in [4.69, 9.17) is 9.84 Å². The lowest BCUT2D eigenvalue weighted by Crippen LogP contribution is -2.40. The Hall–Kier alpha value is -2.13. The molecule has 0 aromatic heterocycles. The molecule has 0 radical (unpaired) electrons. The average Bonchev–Trinajstić information content (AvgIpc) is 2.54. The fourth-order valence-electron chi connectivity index (χ4n) is 3.50. The summed E-state index contributed by atoms with van der Waals surface area (Å²) in [6, 6.07) is 11.7. The van der Waals surface area contributed by atoms with E-state index < -0.39 is 5.97 Å². The molecule has 132 valence electrons. The maximum absolute atomic E-state index is 11.0. The van der Waals surface area contributed by atoms with E-state index in [-0.39, 0.29) is 11.0 Å². The van der Waals surface area contributed by atoms with Gasteiger partial charge in [-0.2, -0.15) is 0 Å². The molecule has 3 heteroatoms. The SMILES string of the molecule is Cc1cc2c(cc1Cc1ccc(C(=O)O)cc1)C(C)(C)COC2(C)C. The zero-order valence-corrected chi connectivity index (χ0v) is 15.6. The number of aromatic carboxylic acids is 1. The van der Waals surface area contributed by atoms with Gasteiger partial charge in [-0.1, -0.05) is 38.1 Å². The van der Waals surface area contributed by atoms with Gasteiger partial charge in [0.2, 0.25) is 0 Å². The molecule has 3 nitrogen and oxygen atoms in total. The van der Waals surface area contributed by atoms with Crippen LogP contribution in [0.1, 0.15) is 65.9 Å². The van der Waals surface area contributed by atoms with Crippen molar-refractivity contribution in [1.82, 2.24) is 0 Å². The molecular formula is C22H26O3. The summed E-state index contributed by atoms with van der Waals surface area (Å²) in [5.74, 6) is -0.888. The zero-order chi connectivity index (χ0) is 18.4. The smallest absolute Gasteiger partial charge is 0.335 e. The van der Waals surface area contributed by atoms with Crippen molar-refractivity contribution in [2.75, 3.05) is 6.61 Å². The molecular weight excluding hydrogens is 312 g/mol. The predicted octanol–water partition coefficient (Wildman–Crippen LogP) is 4.83. The van der Waals surface area contributed by atoms with Gasteiger partial charge in [0.1, 0.15) is 0 Å². The molecule has 0 atom stereocenters. The van der Waals surface area contributed by atoms with E-state index in [2.05, 4.69) is 46.8 Å². The molecule has 0 bridgehead atoms. The molecule has 1 aliphatic rings. The standard InChI is InChI=1S/C22H26O3/c1-14-10-19-18(21(2,3)13-25-22(19,4)5)12-17(14)11-15-6-8-16(9-7-15)20(23)24/h6-10,12H,11,13H2,1-5H3,(H,23,24). The van der Waals surface area contributed by atoms with E-state index in [1.54, 1.807) is 12.1 Å². The molecule has 0 saturated carbocycles. The van der Waals surface area contributed by atoms with Gasteiger partial charge in [-0.15, -0.1) is 0 Å². The second kappa shape index (κ2) is 5.99. The number of aryl methyl sites for hydroxylation is 1. The highest BCUT2D eigenvalue weighted by Crippen LogP contribution is 2.42. The van der Waals surface area contributed by atoms with Crippen molar-refractivity contribution in [2.45, 2.75) is 52.1 Å². The number of ether oxygens (including phenoxy) is 1. The Morgan fingerprint density at radius 3 is 2.32 bits per heavy atom. The normalized spacial score (nSPS) is 17.8. The van der Waals surface area contributed by atoms with Gasteiger partial charge in [0.15, 0.2) is 0 Å². The van der Waals surface area contributed by atoms with E-state index in [9.17, 15) is 4.79 Å². The Morgan fingerprint density at radius 2 is 1.72 bits per heavy atom. The average molecular weight is 338 g/mol. The third-order valence-corrected chi connectivity index (χ3v) is 5.24. The highest BCUT2D eigenvalue weighted by Gasteiger charge is 2.38. The molecule has 0 spiro atoms. The Balaban J connectivity index is 1.99. The lowest BCUT2D eigenvalue weighted by Gasteiger charge is -2.42. The molecule has 0 saturated heterocycles. The molecule has 25 heavy (non-hydrogen) atoms. The fraction of sp³-hybridized carbons (Fsp3) is 0.409. The van der Waals surface area contributed by atoms with Crippen LogP contribution in [0.3, 0.4) is 0 Å². The van der Waals surface area contributed by atoms with Crippen molar-refractivity contribution >= 4 is 5.97 Å². The number of hydrogen-bond donors (Lipinski definition) is 1. The quantitative estimate of drug-likeness (QED) is 0.872. The van der Waals surface area contributed by atoms with Gasteiger partial charge in [0.25, 0.3) is 0 Å². The second-order valence-electron chi connectivity index (χ2n) is 8.19. The lowest BCUT2D eigenvalue weighted by atomic mass is 9.74.